The maximum atomic E-state index is 12.4. The summed E-state index contributed by atoms with van der Waals surface area (Å²) in [5, 5.41) is 17.6. The summed E-state index contributed by atoms with van der Waals surface area (Å²) in [6.45, 7) is 8.60. The Balaban J connectivity index is 0.000000123. The summed E-state index contributed by atoms with van der Waals surface area (Å²) in [4.78, 5) is 28.3. The van der Waals surface area contributed by atoms with Crippen LogP contribution in [-0.4, -0.2) is 153 Å². The Labute approximate surface area is 597 Å². The fourth-order valence-electron chi connectivity index (χ4n) is 9.91. The summed E-state index contributed by atoms with van der Waals surface area (Å²) < 4.78 is 47.0. The fraction of sp³-hybridized carbons (Fsp3) is 0.0870. The van der Waals surface area contributed by atoms with Crippen LogP contribution in [0.4, 0.5) is 36.1 Å². The van der Waals surface area contributed by atoms with Gasteiger partial charge < -0.3 is 0 Å². The minimum atomic E-state index is -4.41. The van der Waals surface area contributed by atoms with Gasteiger partial charge in [-0.05, 0) is 0 Å². The third-order valence-corrected chi connectivity index (χ3v) is 21.4. The van der Waals surface area contributed by atoms with E-state index in [9.17, 15) is 13.2 Å². The number of alkyl halides is 3. The number of aryl methyl sites for hydroxylation is 1. The van der Waals surface area contributed by atoms with Crippen molar-refractivity contribution in [2.45, 2.75) is 39.3 Å². The second kappa shape index (κ2) is 30.5. The first-order valence-electron chi connectivity index (χ1n) is 29.6. The molecule has 16 nitrogen and oxygen atoms in total. The number of benzene rings is 5. The van der Waals surface area contributed by atoms with Crippen molar-refractivity contribution in [2.75, 3.05) is 13.8 Å². The van der Waals surface area contributed by atoms with E-state index in [1.54, 1.807) is 29.5 Å². The first-order chi connectivity index (χ1) is 45.4. The van der Waals surface area contributed by atoms with E-state index >= 15 is 0 Å². The zero-order valence-corrected chi connectivity index (χ0v) is 67.6. The fourth-order valence-corrected chi connectivity index (χ4v) is 15.6. The molecule has 0 fully saturated rings. The summed E-state index contributed by atoms with van der Waals surface area (Å²) in [6.07, 6.45) is 4.42. The molecule has 0 bridgehead atoms. The van der Waals surface area contributed by atoms with Crippen molar-refractivity contribution < 1.29 is 13.2 Å². The molecule has 9 aromatic heterocycles. The van der Waals surface area contributed by atoms with Crippen molar-refractivity contribution in [3.8, 4) is 66.7 Å². The number of hydrazine groups is 2. The summed E-state index contributed by atoms with van der Waals surface area (Å²) in [5.74, 6) is 1.86. The van der Waals surface area contributed by atoms with Crippen LogP contribution in [0.2, 0.25) is 0 Å². The number of hydrogen-bond donors (Lipinski definition) is 0. The number of para-hydroxylation sites is 5. The van der Waals surface area contributed by atoms with Crippen LogP contribution in [0, 0.1) is 6.92 Å². The van der Waals surface area contributed by atoms with Crippen LogP contribution in [0.5, 0.6) is 0 Å². The quantitative estimate of drug-likeness (QED) is 0.133. The number of rotatable bonds is 8. The van der Waals surface area contributed by atoms with E-state index in [4.69, 9.17) is 9.97 Å². The molecule has 0 aliphatic carbocycles. The Kier molecular flexibility index (Phi) is 21.8. The molecule has 1 aliphatic heterocycles. The number of nitrogens with zero attached hydrogens (tertiary/aromatic N) is 16. The van der Waals surface area contributed by atoms with Crippen molar-refractivity contribution >= 4 is 139 Å². The van der Waals surface area contributed by atoms with Crippen LogP contribution in [0.15, 0.2) is 255 Å². The molecule has 0 saturated carbocycles. The molecule has 14 aromatic rings. The Morgan fingerprint density at radius 1 is 0.457 bits per heavy atom. The van der Waals surface area contributed by atoms with Gasteiger partial charge in [-0.2, -0.15) is 0 Å². The summed E-state index contributed by atoms with van der Waals surface area (Å²) >= 11 is 6.16. The monoisotopic (exact) mass is 1550 g/mol. The number of pyridine rings is 4. The molecule has 15 rings (SSSR count). The third kappa shape index (κ3) is 15.9. The molecule has 10 heterocycles. The van der Waals surface area contributed by atoms with E-state index in [-0.39, 0.29) is 5.41 Å². The van der Waals surface area contributed by atoms with Crippen molar-refractivity contribution in [3.05, 3.63) is 272 Å². The third-order valence-electron chi connectivity index (χ3n) is 14.6. The average Bonchev–Trinajstić information content (AvgIpc) is 1.62. The Hall–Kier alpha value is -8.20. The molecular weight excluding hydrogens is 1490 g/mol. The number of fused-ring (bicyclic) bond motifs is 2. The number of hydrogen-bond acceptors (Lipinski definition) is 13. The Morgan fingerprint density at radius 2 is 1.00 bits per heavy atom. The van der Waals surface area contributed by atoms with Gasteiger partial charge in [0, 0.05) is 0 Å². The molecule has 94 heavy (non-hydrogen) atoms. The second-order valence-corrected chi connectivity index (χ2v) is 29.6. The summed E-state index contributed by atoms with van der Waals surface area (Å²) in [5.41, 5.74) is 15.7. The van der Waals surface area contributed by atoms with E-state index in [0.29, 0.717) is 30.2 Å². The summed E-state index contributed by atoms with van der Waals surface area (Å²) in [6, 6.07) is 74.2. The van der Waals surface area contributed by atoms with Crippen molar-refractivity contribution in [3.63, 3.8) is 0 Å². The zero-order valence-electron chi connectivity index (χ0n) is 52.0. The predicted octanol–water partition coefficient (Wildman–Crippen LogP) is 12.8. The number of halogens is 3. The van der Waals surface area contributed by atoms with Gasteiger partial charge in [-0.15, -0.1) is 0 Å². The van der Waals surface area contributed by atoms with Crippen LogP contribution in [0.25, 0.3) is 77.7 Å². The van der Waals surface area contributed by atoms with E-state index in [1.165, 1.54) is 42.5 Å². The van der Waals surface area contributed by atoms with Crippen LogP contribution in [0.3, 0.4) is 0 Å². The number of imidazole rings is 1. The molecule has 5 aromatic carbocycles. The Morgan fingerprint density at radius 3 is 1.54 bits per heavy atom. The van der Waals surface area contributed by atoms with Crippen molar-refractivity contribution in [2.24, 2.45) is 0 Å². The van der Waals surface area contributed by atoms with Crippen LogP contribution < -0.4 is 13.8 Å². The van der Waals surface area contributed by atoms with Crippen molar-refractivity contribution in [1.82, 2.24) is 58.6 Å². The number of anilines is 4. The molecule has 0 spiro atoms. The number of thiazole rings is 1. The SMILES string of the molecule is CC(C)(C)c1cc(-c2ccccn2)[n]([GaH])n1.Cc1ccnc(-c2ccn[n]2[GaH])c1.FC(F)(F)c1cc(-c2ccccn2)[n]([GaH])n1.[GaH][N]1c2ccccc2N(c2ccccc2)N1c1ccccn1.[GaH][n]1c(-c2nc(-c3ccccc3)sc2-c2ccccc2)nc2ccccc21. The molecule has 457 valence electrons. The van der Waals surface area contributed by atoms with Gasteiger partial charge in [-0.25, -0.2) is 0 Å². The molecule has 5 radical (unpaired) electrons. The topological polar surface area (TPSA) is 145 Å². The van der Waals surface area contributed by atoms with Crippen LogP contribution in [-0.2, 0) is 11.6 Å². The zero-order chi connectivity index (χ0) is 65.9. The Bertz CT molecular complexity index is 4670. The maximum absolute atomic E-state index is 12.4. The van der Waals surface area contributed by atoms with Gasteiger partial charge in [0.2, 0.25) is 0 Å². The van der Waals surface area contributed by atoms with Gasteiger partial charge in [0.25, 0.3) is 0 Å². The predicted molar refractivity (Wildman–Crippen MR) is 378 cm³/mol. The average molecular weight is 1550 g/mol. The molecule has 0 amide bonds. The van der Waals surface area contributed by atoms with Gasteiger partial charge in [0.15, 0.2) is 0 Å². The molecule has 1 aliphatic rings. The van der Waals surface area contributed by atoms with E-state index in [2.05, 4.69) is 207 Å². The minimum absolute atomic E-state index is 0.0942. The summed E-state index contributed by atoms with van der Waals surface area (Å²) in [7, 11) is 0. The molecule has 0 saturated heterocycles. The molecule has 0 N–H and O–H groups in total. The van der Waals surface area contributed by atoms with Gasteiger partial charge in [-0.3, -0.25) is 0 Å². The first-order valence-corrected chi connectivity index (χ1v) is 37.0. The normalized spacial score (nSPS) is 11.7. The molecular formula is C69H59F3Ga5N16S. The van der Waals surface area contributed by atoms with E-state index in [0.717, 1.165) is 149 Å². The van der Waals surface area contributed by atoms with Gasteiger partial charge in [0.05, 0.1) is 0 Å². The van der Waals surface area contributed by atoms with Gasteiger partial charge in [0.1, 0.15) is 0 Å². The van der Waals surface area contributed by atoms with E-state index < -0.39 is 11.9 Å². The molecule has 0 atom stereocenters. The van der Waals surface area contributed by atoms with Crippen molar-refractivity contribution in [1.29, 1.82) is 0 Å². The van der Waals surface area contributed by atoms with Gasteiger partial charge >= 0.3 is 603 Å². The second-order valence-electron chi connectivity index (χ2n) is 22.2. The van der Waals surface area contributed by atoms with E-state index in [1.807, 2.05) is 104 Å². The first kappa shape index (κ1) is 67.2. The molecule has 25 heteroatoms. The van der Waals surface area contributed by atoms with Crippen LogP contribution >= 0.6 is 11.3 Å². The number of aromatic nitrogens is 13. The van der Waals surface area contributed by atoms with Crippen LogP contribution in [0.1, 0.15) is 37.7 Å². The standard InChI is InChI=1S/C22H14N3S.C17H13N4.C12H14N3.C9H5F3N3.C9H8N3.5Ga.5H/c1-3-9-15(10-4-1)20-19(21-23-17-13-7-8-14-18(17)24-21)25-22(26-20)16-11-5-2-6-12-16;1-2-8-14(9-3-1)20-16-11-5-4-10-15(16)19-21(20)17-12-6-7-13-18-17;1-12(2,3)11-8-10(14-15-11)9-6-4-5-7-13-9;10-9(11,12)8-5-7(14-15-8)6-3-1-2-4-13-6;1-7-2-4-10-9(6-7)8-3-5-11-12-8;;;;;;;;;;/h1-14H;1-13H;4-8H,1-3H3;1-5H;2-6H,1H3;;;;;;;;;;/q5*-1;5*+1;;;;;. The molecule has 0 unspecified atom stereocenters. The van der Waals surface area contributed by atoms with Gasteiger partial charge in [-0.1, -0.05) is 0 Å².